The second kappa shape index (κ2) is 5.13. The average Bonchev–Trinajstić information content (AvgIpc) is 2.11. The Morgan fingerprint density at radius 1 is 1.43 bits per heavy atom. The molecule has 1 aliphatic carbocycles. The lowest BCUT2D eigenvalue weighted by atomic mass is 9.78. The van der Waals surface area contributed by atoms with E-state index in [4.69, 9.17) is 4.74 Å². The van der Waals surface area contributed by atoms with Gasteiger partial charge in [-0.1, -0.05) is 6.92 Å². The van der Waals surface area contributed by atoms with Crippen LogP contribution >= 0.6 is 0 Å². The minimum Gasteiger partial charge on any atom is -0.383 e. The summed E-state index contributed by atoms with van der Waals surface area (Å²) < 4.78 is 5.15. The minimum absolute atomic E-state index is 0.352. The molecule has 2 heteroatoms. The Kier molecular flexibility index (Phi) is 4.39. The molecule has 1 N–H and O–H groups in total. The van der Waals surface area contributed by atoms with Crippen LogP contribution in [0.25, 0.3) is 0 Å². The van der Waals surface area contributed by atoms with Crippen molar-refractivity contribution in [3.05, 3.63) is 0 Å². The molecule has 1 saturated carbocycles. The van der Waals surface area contributed by atoms with Crippen LogP contribution in [0.5, 0.6) is 0 Å². The Morgan fingerprint density at radius 3 is 2.50 bits per heavy atom. The number of nitrogens with one attached hydrogen (secondary N) is 1. The highest BCUT2D eigenvalue weighted by atomic mass is 16.5. The van der Waals surface area contributed by atoms with Crippen LogP contribution in [0.2, 0.25) is 0 Å². The van der Waals surface area contributed by atoms with Gasteiger partial charge in [0.1, 0.15) is 0 Å². The molecule has 0 amide bonds. The summed E-state index contributed by atoms with van der Waals surface area (Å²) in [6.45, 7) is 7.72. The van der Waals surface area contributed by atoms with Crippen LogP contribution in [0, 0.1) is 5.92 Å². The van der Waals surface area contributed by atoms with Gasteiger partial charge in [-0.3, -0.25) is 0 Å². The molecule has 1 rings (SSSR count). The molecule has 1 unspecified atom stereocenters. The van der Waals surface area contributed by atoms with Gasteiger partial charge in [0, 0.05) is 18.7 Å². The Balaban J connectivity index is 2.34. The molecule has 2 nitrogen and oxygen atoms in total. The zero-order valence-corrected chi connectivity index (χ0v) is 10.1. The van der Waals surface area contributed by atoms with E-state index in [1.54, 1.807) is 7.11 Å². The highest BCUT2D eigenvalue weighted by molar-refractivity contribution is 4.89. The van der Waals surface area contributed by atoms with Crippen molar-refractivity contribution in [2.24, 2.45) is 5.92 Å². The topological polar surface area (TPSA) is 21.3 Å². The molecule has 0 bridgehead atoms. The minimum atomic E-state index is 0.352. The number of methoxy groups -OCH3 is 1. The van der Waals surface area contributed by atoms with Crippen molar-refractivity contribution in [1.82, 2.24) is 5.32 Å². The van der Waals surface area contributed by atoms with Crippen LogP contribution in [0.1, 0.15) is 46.5 Å². The monoisotopic (exact) mass is 199 g/mol. The van der Waals surface area contributed by atoms with Crippen molar-refractivity contribution < 1.29 is 4.74 Å². The van der Waals surface area contributed by atoms with E-state index in [0.717, 1.165) is 12.5 Å². The van der Waals surface area contributed by atoms with Crippen LogP contribution in [-0.2, 0) is 4.74 Å². The van der Waals surface area contributed by atoms with Gasteiger partial charge in [0.15, 0.2) is 0 Å². The summed E-state index contributed by atoms with van der Waals surface area (Å²) in [6, 6.07) is 0.471. The van der Waals surface area contributed by atoms with Gasteiger partial charge in [-0.05, 0) is 45.4 Å². The quantitative estimate of drug-likeness (QED) is 0.751. The summed E-state index contributed by atoms with van der Waals surface area (Å²) in [4.78, 5) is 0. The van der Waals surface area contributed by atoms with Crippen molar-refractivity contribution >= 4 is 0 Å². The van der Waals surface area contributed by atoms with Crippen molar-refractivity contribution in [2.75, 3.05) is 13.7 Å². The predicted molar refractivity (Wildman–Crippen MR) is 60.5 cm³/mol. The van der Waals surface area contributed by atoms with Crippen LogP contribution < -0.4 is 5.32 Å². The van der Waals surface area contributed by atoms with E-state index in [-0.39, 0.29) is 0 Å². The third-order valence-electron chi connectivity index (χ3n) is 3.39. The summed E-state index contributed by atoms with van der Waals surface area (Å²) in [6.07, 6.45) is 5.34. The molecular formula is C12H25NO. The zero-order chi connectivity index (χ0) is 10.6. The molecule has 0 radical (unpaired) electrons. The second-order valence-corrected chi connectivity index (χ2v) is 5.24. The standard InChI is InChI=1S/C12H25NO/c1-10-5-7-12(3,8-6-10)13-11(2)9-14-4/h10-11,13H,5-9H2,1-4H3. The second-order valence-electron chi connectivity index (χ2n) is 5.24. The highest BCUT2D eigenvalue weighted by Crippen LogP contribution is 2.31. The molecule has 1 aliphatic rings. The number of hydrogen-bond donors (Lipinski definition) is 1. The van der Waals surface area contributed by atoms with Gasteiger partial charge >= 0.3 is 0 Å². The van der Waals surface area contributed by atoms with Gasteiger partial charge in [-0.25, -0.2) is 0 Å². The third-order valence-corrected chi connectivity index (χ3v) is 3.39. The van der Waals surface area contributed by atoms with E-state index in [0.29, 0.717) is 11.6 Å². The molecule has 0 aromatic carbocycles. The predicted octanol–water partition coefficient (Wildman–Crippen LogP) is 2.58. The average molecular weight is 199 g/mol. The first-order valence-electron chi connectivity index (χ1n) is 5.82. The third kappa shape index (κ3) is 3.58. The van der Waals surface area contributed by atoms with E-state index in [9.17, 15) is 0 Å². The maximum Gasteiger partial charge on any atom is 0.0613 e. The molecule has 1 atom stereocenters. The fraction of sp³-hybridized carbons (Fsp3) is 1.00. The molecule has 0 heterocycles. The summed E-state index contributed by atoms with van der Waals surface area (Å²) >= 11 is 0. The highest BCUT2D eigenvalue weighted by Gasteiger charge is 2.30. The van der Waals surface area contributed by atoms with Crippen molar-refractivity contribution in [2.45, 2.75) is 58.0 Å². The maximum absolute atomic E-state index is 5.15. The Labute approximate surface area is 88.4 Å². The number of hydrogen-bond acceptors (Lipinski definition) is 2. The van der Waals surface area contributed by atoms with Gasteiger partial charge in [0.05, 0.1) is 6.61 Å². The van der Waals surface area contributed by atoms with Crippen LogP contribution in [0.3, 0.4) is 0 Å². The van der Waals surface area contributed by atoms with Gasteiger partial charge < -0.3 is 10.1 Å². The lowest BCUT2D eigenvalue weighted by Gasteiger charge is -2.39. The molecule has 0 aromatic rings. The van der Waals surface area contributed by atoms with E-state index >= 15 is 0 Å². The van der Waals surface area contributed by atoms with Gasteiger partial charge in [-0.2, -0.15) is 0 Å². The summed E-state index contributed by atoms with van der Waals surface area (Å²) in [5, 5.41) is 3.69. The van der Waals surface area contributed by atoms with Gasteiger partial charge in [-0.15, -0.1) is 0 Å². The molecule has 0 aliphatic heterocycles. The van der Waals surface area contributed by atoms with Crippen LogP contribution in [0.4, 0.5) is 0 Å². The molecule has 0 spiro atoms. The Bertz CT molecular complexity index is 162. The van der Waals surface area contributed by atoms with E-state index < -0.39 is 0 Å². The lowest BCUT2D eigenvalue weighted by Crippen LogP contribution is -2.50. The van der Waals surface area contributed by atoms with E-state index in [1.807, 2.05) is 0 Å². The lowest BCUT2D eigenvalue weighted by molar-refractivity contribution is 0.133. The largest absolute Gasteiger partial charge is 0.383 e. The van der Waals surface area contributed by atoms with E-state index in [1.165, 1.54) is 25.7 Å². The van der Waals surface area contributed by atoms with E-state index in [2.05, 4.69) is 26.1 Å². The fourth-order valence-corrected chi connectivity index (χ4v) is 2.43. The smallest absolute Gasteiger partial charge is 0.0613 e. The number of rotatable bonds is 4. The molecule has 0 aromatic heterocycles. The Morgan fingerprint density at radius 2 is 2.00 bits per heavy atom. The van der Waals surface area contributed by atoms with Crippen LogP contribution in [-0.4, -0.2) is 25.3 Å². The zero-order valence-electron chi connectivity index (χ0n) is 10.1. The first-order chi connectivity index (χ1) is 6.56. The fourth-order valence-electron chi connectivity index (χ4n) is 2.43. The van der Waals surface area contributed by atoms with Crippen LogP contribution in [0.15, 0.2) is 0 Å². The Hall–Kier alpha value is -0.0800. The summed E-state index contributed by atoms with van der Waals surface area (Å²) in [5.41, 5.74) is 0.352. The van der Waals surface area contributed by atoms with Crippen molar-refractivity contribution in [3.8, 4) is 0 Å². The summed E-state index contributed by atoms with van der Waals surface area (Å²) in [5.74, 6) is 0.919. The first-order valence-corrected chi connectivity index (χ1v) is 5.82. The molecular weight excluding hydrogens is 174 g/mol. The normalized spacial score (nSPS) is 35.6. The molecule has 1 fully saturated rings. The summed E-state index contributed by atoms with van der Waals surface area (Å²) in [7, 11) is 1.77. The van der Waals surface area contributed by atoms with Crippen molar-refractivity contribution in [3.63, 3.8) is 0 Å². The van der Waals surface area contributed by atoms with Gasteiger partial charge in [0.2, 0.25) is 0 Å². The SMILES string of the molecule is COCC(C)NC1(C)CCC(C)CC1. The molecule has 14 heavy (non-hydrogen) atoms. The van der Waals surface area contributed by atoms with Crippen molar-refractivity contribution in [1.29, 1.82) is 0 Å². The molecule has 0 saturated heterocycles. The first kappa shape index (κ1) is 12.0. The van der Waals surface area contributed by atoms with Gasteiger partial charge in [0.25, 0.3) is 0 Å². The number of ether oxygens (including phenoxy) is 1. The maximum atomic E-state index is 5.15. The molecule has 84 valence electrons.